The molecule has 288 valence electrons. The highest BCUT2D eigenvalue weighted by Gasteiger charge is 2.29. The molecule has 1 atom stereocenters. The molecule has 2 aromatic heterocycles. The number of esters is 2. The number of imidazole rings is 1. The predicted molar refractivity (Wildman–Crippen MR) is 192 cm³/mol. The van der Waals surface area contributed by atoms with Crippen LogP contribution >= 0.6 is 0 Å². The fraction of sp³-hybridized carbons (Fsp3) is 0.361. The van der Waals surface area contributed by atoms with Gasteiger partial charge in [-0.3, -0.25) is 14.4 Å². The minimum absolute atomic E-state index is 0.0733. The second-order valence-corrected chi connectivity index (χ2v) is 12.3. The van der Waals surface area contributed by atoms with Crippen molar-refractivity contribution in [3.8, 4) is 22.5 Å². The van der Waals surface area contributed by atoms with E-state index in [1.807, 2.05) is 60.0 Å². The number of benzene rings is 3. The van der Waals surface area contributed by atoms with Crippen LogP contribution in [0, 0.1) is 33.1 Å². The lowest BCUT2D eigenvalue weighted by Gasteiger charge is -2.16. The SMILES string of the molecule is Cc1nc2cccc(C(=O)CC(CC(=O)OCCCCO[N+](=O)[O-])C(=O)OCCCCO[N+](=O)[O-])c2n1Cc1ccc(-c2ccccc2-c2nn[nH]n2)cc1. The Morgan fingerprint density at radius 3 is 2.11 bits per heavy atom. The highest BCUT2D eigenvalue weighted by atomic mass is 17.0. The van der Waals surface area contributed by atoms with Crippen molar-refractivity contribution >= 4 is 28.8 Å². The Bertz CT molecular complexity index is 2100. The molecule has 1 N–H and O–H groups in total. The predicted octanol–water partition coefficient (Wildman–Crippen LogP) is 4.88. The zero-order valence-corrected chi connectivity index (χ0v) is 29.8. The molecule has 0 aliphatic rings. The molecular weight excluding hydrogens is 720 g/mol. The lowest BCUT2D eigenvalue weighted by molar-refractivity contribution is -0.757. The van der Waals surface area contributed by atoms with Gasteiger partial charge in [0.15, 0.2) is 5.78 Å². The minimum atomic E-state index is -1.21. The van der Waals surface area contributed by atoms with Crippen molar-refractivity contribution in [2.24, 2.45) is 5.92 Å². The van der Waals surface area contributed by atoms with E-state index in [2.05, 4.69) is 35.3 Å². The third-order valence-corrected chi connectivity index (χ3v) is 8.53. The van der Waals surface area contributed by atoms with E-state index in [4.69, 9.17) is 9.47 Å². The molecule has 0 radical (unpaired) electrons. The summed E-state index contributed by atoms with van der Waals surface area (Å²) in [6.07, 6.45) is 0.183. The molecule has 0 saturated heterocycles. The van der Waals surface area contributed by atoms with Crippen LogP contribution in [-0.2, 0) is 35.3 Å². The van der Waals surface area contributed by atoms with Crippen molar-refractivity contribution < 1.29 is 43.7 Å². The largest absolute Gasteiger partial charge is 0.466 e. The minimum Gasteiger partial charge on any atom is -0.466 e. The number of aromatic nitrogens is 6. The number of H-pyrrole nitrogens is 1. The lowest BCUT2D eigenvalue weighted by atomic mass is 9.94. The first kappa shape index (κ1) is 39.4. The fourth-order valence-corrected chi connectivity index (χ4v) is 5.89. The molecule has 0 amide bonds. The molecule has 19 nitrogen and oxygen atoms in total. The smallest absolute Gasteiger partial charge is 0.309 e. The molecule has 19 heteroatoms. The van der Waals surface area contributed by atoms with Gasteiger partial charge in [0.1, 0.15) is 5.82 Å². The van der Waals surface area contributed by atoms with Crippen molar-refractivity contribution in [1.82, 2.24) is 30.2 Å². The first-order valence-electron chi connectivity index (χ1n) is 17.4. The summed E-state index contributed by atoms with van der Waals surface area (Å²) in [4.78, 5) is 73.9. The number of nitrogens with one attached hydrogen (secondary N) is 1. The summed E-state index contributed by atoms with van der Waals surface area (Å²) < 4.78 is 12.5. The third kappa shape index (κ3) is 11.1. The second kappa shape index (κ2) is 19.3. The van der Waals surface area contributed by atoms with Crippen LogP contribution < -0.4 is 0 Å². The maximum absolute atomic E-state index is 14.0. The number of aromatic amines is 1. The Morgan fingerprint density at radius 1 is 0.800 bits per heavy atom. The van der Waals surface area contributed by atoms with Gasteiger partial charge < -0.3 is 23.7 Å². The molecule has 5 aromatic rings. The van der Waals surface area contributed by atoms with E-state index in [1.165, 1.54) is 0 Å². The Balaban J connectivity index is 1.31. The Hall–Kier alpha value is -6.79. The Morgan fingerprint density at radius 2 is 1.45 bits per heavy atom. The molecule has 3 aromatic carbocycles. The van der Waals surface area contributed by atoms with Crippen LogP contribution in [0.15, 0.2) is 66.7 Å². The van der Waals surface area contributed by atoms with Gasteiger partial charge in [-0.1, -0.05) is 54.6 Å². The van der Waals surface area contributed by atoms with Crippen LogP contribution in [0.5, 0.6) is 0 Å². The third-order valence-electron chi connectivity index (χ3n) is 8.53. The van der Waals surface area contributed by atoms with Crippen LogP contribution in [0.1, 0.15) is 60.3 Å². The van der Waals surface area contributed by atoms with Gasteiger partial charge in [-0.2, -0.15) is 5.21 Å². The molecular formula is C36H38N8O11. The van der Waals surface area contributed by atoms with E-state index in [1.54, 1.807) is 18.2 Å². The van der Waals surface area contributed by atoms with E-state index in [0.717, 1.165) is 22.3 Å². The molecule has 2 heterocycles. The molecule has 5 rings (SSSR count). The van der Waals surface area contributed by atoms with E-state index in [9.17, 15) is 34.6 Å². The highest BCUT2D eigenvalue weighted by Crippen LogP contribution is 2.31. The van der Waals surface area contributed by atoms with Crippen LogP contribution in [-0.4, -0.2) is 84.5 Å². The van der Waals surface area contributed by atoms with Gasteiger partial charge in [0, 0.05) is 24.1 Å². The monoisotopic (exact) mass is 758 g/mol. The van der Waals surface area contributed by atoms with Crippen LogP contribution in [0.3, 0.4) is 0 Å². The molecule has 0 fully saturated rings. The normalized spacial score (nSPS) is 11.5. The van der Waals surface area contributed by atoms with Gasteiger partial charge in [0.2, 0.25) is 5.82 Å². The zero-order valence-electron chi connectivity index (χ0n) is 29.8. The maximum Gasteiger partial charge on any atom is 0.309 e. The number of hydrogen-bond donors (Lipinski definition) is 1. The molecule has 0 aliphatic heterocycles. The molecule has 0 saturated carbocycles. The number of ether oxygens (including phenoxy) is 2. The number of Topliss-reactive ketones (excluding diaryl/α,β-unsaturated/α-hetero) is 1. The number of rotatable bonds is 22. The van der Waals surface area contributed by atoms with E-state index in [-0.39, 0.29) is 58.5 Å². The van der Waals surface area contributed by atoms with Crippen molar-refractivity contribution in [1.29, 1.82) is 0 Å². The van der Waals surface area contributed by atoms with Crippen molar-refractivity contribution in [2.75, 3.05) is 26.4 Å². The van der Waals surface area contributed by atoms with Gasteiger partial charge >= 0.3 is 11.9 Å². The summed E-state index contributed by atoms with van der Waals surface area (Å²) in [7, 11) is 0. The summed E-state index contributed by atoms with van der Waals surface area (Å²) in [6, 6.07) is 20.8. The van der Waals surface area contributed by atoms with Crippen LogP contribution in [0.2, 0.25) is 0 Å². The summed E-state index contributed by atoms with van der Waals surface area (Å²) in [6.45, 7) is 1.69. The number of nitrogens with zero attached hydrogens (tertiary/aromatic N) is 7. The molecule has 0 aliphatic carbocycles. The van der Waals surface area contributed by atoms with Gasteiger partial charge in [0.25, 0.3) is 10.2 Å². The van der Waals surface area contributed by atoms with Gasteiger partial charge in [-0.15, -0.1) is 30.4 Å². The number of ketones is 1. The number of unbranched alkanes of at least 4 members (excludes halogenated alkanes) is 2. The van der Waals surface area contributed by atoms with Crippen molar-refractivity contribution in [3.05, 3.63) is 104 Å². The number of carbonyl (C=O) groups excluding carboxylic acids is 3. The summed E-state index contributed by atoms with van der Waals surface area (Å²) in [5, 5.41) is 33.3. The summed E-state index contributed by atoms with van der Waals surface area (Å²) >= 11 is 0. The van der Waals surface area contributed by atoms with Gasteiger partial charge in [-0.25, -0.2) is 4.98 Å². The average molecular weight is 759 g/mol. The number of para-hydroxylation sites is 1. The quantitative estimate of drug-likeness (QED) is 0.0325. The van der Waals surface area contributed by atoms with Crippen LogP contribution in [0.4, 0.5) is 0 Å². The topological polar surface area (TPSA) is 247 Å². The van der Waals surface area contributed by atoms with Crippen molar-refractivity contribution in [3.63, 3.8) is 0 Å². The average Bonchev–Trinajstić information content (AvgIpc) is 3.82. The number of fused-ring (bicyclic) bond motifs is 1. The summed E-state index contributed by atoms with van der Waals surface area (Å²) in [5.74, 6) is -2.06. The maximum atomic E-state index is 14.0. The second-order valence-electron chi connectivity index (χ2n) is 12.3. The van der Waals surface area contributed by atoms with E-state index in [0.29, 0.717) is 34.8 Å². The van der Waals surface area contributed by atoms with Crippen LogP contribution in [0.25, 0.3) is 33.5 Å². The fourth-order valence-electron chi connectivity index (χ4n) is 5.89. The number of hydrogen-bond acceptors (Lipinski definition) is 15. The molecule has 0 bridgehead atoms. The molecule has 55 heavy (non-hydrogen) atoms. The first-order valence-corrected chi connectivity index (χ1v) is 17.4. The first-order chi connectivity index (χ1) is 26.6. The number of carbonyl (C=O) groups is 3. The Kier molecular flexibility index (Phi) is 13.9. The highest BCUT2D eigenvalue weighted by molar-refractivity contribution is 6.07. The lowest BCUT2D eigenvalue weighted by Crippen LogP contribution is -2.25. The van der Waals surface area contributed by atoms with Gasteiger partial charge in [-0.05, 0) is 66.6 Å². The van der Waals surface area contributed by atoms with E-state index >= 15 is 0 Å². The van der Waals surface area contributed by atoms with Gasteiger partial charge in [0.05, 0.1) is 49.8 Å². The standard InChI is InChI=1S/C36H38N8O11/c1-24-37-31-12-8-11-30(34(31)42(24)23-25-13-15-26(16-14-25)28-9-2-3-10-29(28)35-38-40-41-39-35)32(45)21-27(36(47)53-18-5-7-20-55-44(50)51)22-33(46)52-17-4-6-19-54-43(48)49/h2-3,8-16,27H,4-7,17-23H2,1H3,(H,38,39,40,41). The Labute approximate surface area is 313 Å². The number of tetrazole rings is 1. The summed E-state index contributed by atoms with van der Waals surface area (Å²) in [5.41, 5.74) is 5.06. The number of aryl methyl sites for hydroxylation is 1. The van der Waals surface area contributed by atoms with Crippen molar-refractivity contribution in [2.45, 2.75) is 52.0 Å². The molecule has 1 unspecified atom stereocenters. The van der Waals surface area contributed by atoms with E-state index < -0.39 is 40.2 Å². The molecule has 0 spiro atoms. The zero-order chi connectivity index (χ0) is 39.2.